The summed E-state index contributed by atoms with van der Waals surface area (Å²) in [6, 6.07) is 9.83. The number of halogens is 1. The van der Waals surface area contributed by atoms with Crippen LogP contribution < -0.4 is 15.4 Å². The first-order valence-electron chi connectivity index (χ1n) is 7.21. The highest BCUT2D eigenvalue weighted by Crippen LogP contribution is 2.58. The lowest BCUT2D eigenvalue weighted by Crippen LogP contribution is -2.28. The van der Waals surface area contributed by atoms with Crippen LogP contribution in [0, 0.1) is 0 Å². The Balaban J connectivity index is 2.02. The number of hydrogen-bond acceptors (Lipinski definition) is 7. The Morgan fingerprint density at radius 2 is 2.04 bits per heavy atom. The molecule has 9 heteroatoms. The van der Waals surface area contributed by atoms with Crippen molar-refractivity contribution in [2.75, 3.05) is 17.7 Å². The summed E-state index contributed by atoms with van der Waals surface area (Å²) < 4.78 is 30.0. The highest BCUT2D eigenvalue weighted by Gasteiger charge is 2.29. The Labute approximate surface area is 151 Å². The van der Waals surface area contributed by atoms with E-state index in [9.17, 15) is 13.9 Å². The van der Waals surface area contributed by atoms with Gasteiger partial charge in [0.25, 0.3) is 0 Å². The number of fused-ring (bicyclic) bond motifs is 1. The van der Waals surface area contributed by atoms with Crippen LogP contribution >= 0.6 is 22.4 Å². The minimum absolute atomic E-state index is 0.0850. The topological polar surface area (TPSA) is 103 Å². The molecule has 0 saturated carbocycles. The molecule has 0 aliphatic carbocycles. The average Bonchev–Trinajstić information content (AvgIpc) is 2.55. The van der Waals surface area contributed by atoms with Crippen molar-refractivity contribution >= 4 is 45.5 Å². The van der Waals surface area contributed by atoms with E-state index < -0.39 is 10.8 Å². The van der Waals surface area contributed by atoms with E-state index in [1.54, 1.807) is 30.3 Å². The third-order valence-electron chi connectivity index (χ3n) is 3.57. The van der Waals surface area contributed by atoms with Crippen molar-refractivity contribution in [2.24, 2.45) is 4.40 Å². The zero-order valence-electron chi connectivity index (χ0n) is 13.4. The standard InChI is InChI=1S/C16H16ClN3O4S/c1-9(21)11-5-3-4-6-12(11)18-16-19-15-13(24-2)7-10(17)8-14(15)25(22,23)20-16/h3-8,22-23H,1-2H3,(H2,18,19,20). The highest BCUT2D eigenvalue weighted by molar-refractivity contribution is 8.23. The van der Waals surface area contributed by atoms with Gasteiger partial charge in [0.1, 0.15) is 16.3 Å². The lowest BCUT2D eigenvalue weighted by Gasteiger charge is -2.35. The van der Waals surface area contributed by atoms with E-state index in [-0.39, 0.29) is 16.6 Å². The molecule has 25 heavy (non-hydrogen) atoms. The molecule has 3 rings (SSSR count). The Morgan fingerprint density at radius 1 is 1.32 bits per heavy atom. The van der Waals surface area contributed by atoms with Crippen molar-refractivity contribution in [3.8, 4) is 5.75 Å². The number of ether oxygens (including phenoxy) is 1. The van der Waals surface area contributed by atoms with Crippen LogP contribution in [0.15, 0.2) is 45.7 Å². The Kier molecular flexibility index (Phi) is 4.61. The summed E-state index contributed by atoms with van der Waals surface area (Å²) in [5, 5.41) is 6.18. The van der Waals surface area contributed by atoms with Crippen LogP contribution in [0.25, 0.3) is 0 Å². The first-order chi connectivity index (χ1) is 11.8. The Morgan fingerprint density at radius 3 is 2.72 bits per heavy atom. The number of carbonyl (C=O) groups is 1. The number of para-hydroxylation sites is 1. The van der Waals surface area contributed by atoms with Gasteiger partial charge in [-0.3, -0.25) is 13.9 Å². The lowest BCUT2D eigenvalue weighted by molar-refractivity contribution is 0.101. The SMILES string of the molecule is COc1cc(Cl)cc2c1NC(Nc1ccccc1C(C)=O)=NS2(O)O. The molecule has 0 fully saturated rings. The number of hydrogen-bond donors (Lipinski definition) is 4. The van der Waals surface area contributed by atoms with Crippen molar-refractivity contribution in [1.82, 2.24) is 0 Å². The summed E-state index contributed by atoms with van der Waals surface area (Å²) in [4.78, 5) is 11.9. The molecule has 0 amide bonds. The van der Waals surface area contributed by atoms with E-state index in [2.05, 4.69) is 15.0 Å². The maximum Gasteiger partial charge on any atom is 0.223 e. The van der Waals surface area contributed by atoms with Gasteiger partial charge >= 0.3 is 0 Å². The van der Waals surface area contributed by atoms with Crippen LogP contribution in [0.1, 0.15) is 17.3 Å². The first kappa shape index (κ1) is 17.6. The van der Waals surface area contributed by atoms with E-state index in [0.717, 1.165) is 0 Å². The molecule has 0 saturated heterocycles. The molecule has 7 nitrogen and oxygen atoms in total. The molecular formula is C16H16ClN3O4S. The number of methoxy groups -OCH3 is 1. The Bertz CT molecular complexity index is 886. The second-order valence-corrected chi connectivity index (χ2v) is 7.39. The van der Waals surface area contributed by atoms with Gasteiger partial charge < -0.3 is 15.4 Å². The number of benzene rings is 2. The van der Waals surface area contributed by atoms with E-state index in [1.165, 1.54) is 20.1 Å². The molecule has 0 unspecified atom stereocenters. The largest absolute Gasteiger partial charge is 0.494 e. The highest BCUT2D eigenvalue weighted by atomic mass is 35.5. The summed E-state index contributed by atoms with van der Waals surface area (Å²) >= 11 is 5.99. The summed E-state index contributed by atoms with van der Waals surface area (Å²) in [5.41, 5.74) is 1.30. The molecule has 4 N–H and O–H groups in total. The molecule has 1 aliphatic rings. The monoisotopic (exact) mass is 381 g/mol. The maximum absolute atomic E-state index is 11.7. The van der Waals surface area contributed by atoms with Crippen molar-refractivity contribution in [1.29, 1.82) is 0 Å². The summed E-state index contributed by atoms with van der Waals surface area (Å²) in [6.07, 6.45) is 0. The number of nitrogens with zero attached hydrogens (tertiary/aromatic N) is 1. The fourth-order valence-corrected chi connectivity index (χ4v) is 3.88. The number of anilines is 2. The van der Waals surface area contributed by atoms with Crippen LogP contribution in [-0.2, 0) is 0 Å². The molecule has 0 spiro atoms. The average molecular weight is 382 g/mol. The fourth-order valence-electron chi connectivity index (χ4n) is 2.46. The fraction of sp³-hybridized carbons (Fsp3) is 0.125. The lowest BCUT2D eigenvalue weighted by atomic mass is 10.1. The third kappa shape index (κ3) is 3.42. The van der Waals surface area contributed by atoms with Crippen LogP contribution in [0.5, 0.6) is 5.75 Å². The maximum atomic E-state index is 11.7. The molecule has 2 aromatic carbocycles. The van der Waals surface area contributed by atoms with Gasteiger partial charge in [-0.15, -0.1) is 4.40 Å². The molecule has 0 bridgehead atoms. The molecule has 1 aliphatic heterocycles. The molecule has 2 aromatic rings. The number of nitrogens with one attached hydrogen (secondary N) is 2. The first-order valence-corrected chi connectivity index (χ1v) is 9.09. The van der Waals surface area contributed by atoms with E-state index in [4.69, 9.17) is 16.3 Å². The van der Waals surface area contributed by atoms with Gasteiger partial charge in [0, 0.05) is 16.7 Å². The number of ketones is 1. The smallest absolute Gasteiger partial charge is 0.223 e. The van der Waals surface area contributed by atoms with Gasteiger partial charge in [0.05, 0.1) is 12.8 Å². The van der Waals surface area contributed by atoms with E-state index >= 15 is 0 Å². The summed E-state index contributed by atoms with van der Waals surface area (Å²) in [5.74, 6) is 0.300. The molecule has 0 atom stereocenters. The molecular weight excluding hydrogens is 366 g/mol. The molecule has 0 aromatic heterocycles. The van der Waals surface area contributed by atoms with Gasteiger partial charge in [0.15, 0.2) is 5.78 Å². The predicted octanol–water partition coefficient (Wildman–Crippen LogP) is 4.47. The summed E-state index contributed by atoms with van der Waals surface area (Å²) in [7, 11) is -2.04. The van der Waals surface area contributed by atoms with E-state index in [1.807, 2.05) is 0 Å². The summed E-state index contributed by atoms with van der Waals surface area (Å²) in [6.45, 7) is 1.45. The van der Waals surface area contributed by atoms with Gasteiger partial charge in [0.2, 0.25) is 5.96 Å². The molecule has 1 heterocycles. The van der Waals surface area contributed by atoms with E-state index in [0.29, 0.717) is 27.7 Å². The van der Waals surface area contributed by atoms with Gasteiger partial charge in [-0.25, -0.2) is 0 Å². The van der Waals surface area contributed by atoms with Gasteiger partial charge in [-0.1, -0.05) is 34.5 Å². The van der Waals surface area contributed by atoms with Crippen LogP contribution in [0.4, 0.5) is 11.4 Å². The normalized spacial score (nSPS) is 16.1. The van der Waals surface area contributed by atoms with Crippen LogP contribution in [-0.4, -0.2) is 28.0 Å². The Hall–Kier alpha value is -2.26. The third-order valence-corrected chi connectivity index (χ3v) is 5.13. The number of guanidine groups is 1. The number of carbonyl (C=O) groups excluding carboxylic acids is 1. The zero-order chi connectivity index (χ0) is 18.2. The minimum atomic E-state index is -3.49. The predicted molar refractivity (Wildman–Crippen MR) is 100 cm³/mol. The quantitative estimate of drug-likeness (QED) is 0.585. The van der Waals surface area contributed by atoms with Crippen molar-refractivity contribution in [3.05, 3.63) is 47.0 Å². The molecule has 0 radical (unpaired) electrons. The van der Waals surface area contributed by atoms with Gasteiger partial charge in [-0.05, 0) is 25.1 Å². The van der Waals surface area contributed by atoms with Crippen molar-refractivity contribution in [2.45, 2.75) is 11.8 Å². The number of rotatable bonds is 3. The zero-order valence-corrected chi connectivity index (χ0v) is 15.0. The van der Waals surface area contributed by atoms with Crippen LogP contribution in [0.3, 0.4) is 0 Å². The second kappa shape index (κ2) is 6.57. The van der Waals surface area contributed by atoms with Crippen LogP contribution in [0.2, 0.25) is 5.02 Å². The molecule has 132 valence electrons. The number of Topliss-reactive ketones (excluding diaryl/α,β-unsaturated/α-hetero) is 1. The van der Waals surface area contributed by atoms with Gasteiger partial charge in [-0.2, -0.15) is 0 Å². The van der Waals surface area contributed by atoms with Crippen molar-refractivity contribution < 1.29 is 18.6 Å². The van der Waals surface area contributed by atoms with Crippen molar-refractivity contribution in [3.63, 3.8) is 0 Å². The minimum Gasteiger partial charge on any atom is -0.494 e. The second-order valence-electron chi connectivity index (χ2n) is 5.29.